The molecule has 0 saturated carbocycles. The molecule has 162 valence electrons. The Hall–Kier alpha value is -2.58. The SMILES string of the molecule is CCOC(=O)c1sc(NC(=O)C(C)Oc2ccc(Cl)cc2C)c(C(=O)OCC)c1C. The van der Waals surface area contributed by atoms with Gasteiger partial charge in [-0.1, -0.05) is 11.6 Å². The third kappa shape index (κ3) is 5.52. The van der Waals surface area contributed by atoms with Crippen LogP contribution in [0.15, 0.2) is 18.2 Å². The summed E-state index contributed by atoms with van der Waals surface area (Å²) in [5.74, 6) is -1.15. The van der Waals surface area contributed by atoms with Gasteiger partial charge in [-0.3, -0.25) is 4.79 Å². The van der Waals surface area contributed by atoms with E-state index in [0.717, 1.165) is 16.9 Å². The molecule has 0 radical (unpaired) electrons. The fourth-order valence-electron chi connectivity index (χ4n) is 2.64. The van der Waals surface area contributed by atoms with Crippen LogP contribution in [0.4, 0.5) is 5.00 Å². The van der Waals surface area contributed by atoms with Crippen LogP contribution < -0.4 is 10.1 Å². The molecule has 2 aromatic rings. The second kappa shape index (κ2) is 10.4. The summed E-state index contributed by atoms with van der Waals surface area (Å²) in [6.07, 6.45) is -0.867. The maximum atomic E-state index is 12.7. The number of carbonyl (C=O) groups is 3. The van der Waals surface area contributed by atoms with Crippen LogP contribution in [0.3, 0.4) is 0 Å². The average Bonchev–Trinajstić information content (AvgIpc) is 3.00. The third-order valence-electron chi connectivity index (χ3n) is 4.13. The molecule has 2 rings (SSSR count). The van der Waals surface area contributed by atoms with Crippen molar-refractivity contribution in [3.63, 3.8) is 0 Å². The summed E-state index contributed by atoms with van der Waals surface area (Å²) in [5.41, 5.74) is 1.31. The van der Waals surface area contributed by atoms with E-state index in [-0.39, 0.29) is 28.7 Å². The molecule has 1 aromatic heterocycles. The monoisotopic (exact) mass is 453 g/mol. The van der Waals surface area contributed by atoms with E-state index < -0.39 is 23.9 Å². The number of rotatable bonds is 8. The molecule has 9 heteroatoms. The molecule has 0 saturated heterocycles. The zero-order valence-corrected chi connectivity index (χ0v) is 19.0. The number of ether oxygens (including phenoxy) is 3. The number of thiophene rings is 1. The number of aryl methyl sites for hydroxylation is 1. The van der Waals surface area contributed by atoms with Crippen molar-refractivity contribution in [2.45, 2.75) is 40.7 Å². The van der Waals surface area contributed by atoms with Gasteiger partial charge in [0.15, 0.2) is 6.10 Å². The maximum Gasteiger partial charge on any atom is 0.348 e. The summed E-state index contributed by atoms with van der Waals surface area (Å²) in [7, 11) is 0. The van der Waals surface area contributed by atoms with Gasteiger partial charge in [0, 0.05) is 5.02 Å². The van der Waals surface area contributed by atoms with Gasteiger partial charge in [-0.2, -0.15) is 0 Å². The molecule has 7 nitrogen and oxygen atoms in total. The zero-order valence-electron chi connectivity index (χ0n) is 17.5. The first-order valence-corrected chi connectivity index (χ1v) is 10.6. The summed E-state index contributed by atoms with van der Waals surface area (Å²) < 4.78 is 15.9. The van der Waals surface area contributed by atoms with Crippen LogP contribution in [0.5, 0.6) is 5.75 Å². The Kier molecular flexibility index (Phi) is 8.25. The lowest BCUT2D eigenvalue weighted by Crippen LogP contribution is -2.30. The summed E-state index contributed by atoms with van der Waals surface area (Å²) in [5, 5.41) is 3.46. The number of hydrogen-bond acceptors (Lipinski definition) is 7. The van der Waals surface area contributed by atoms with Crippen molar-refractivity contribution in [3.05, 3.63) is 44.8 Å². The molecule has 1 N–H and O–H groups in total. The largest absolute Gasteiger partial charge is 0.481 e. The minimum absolute atomic E-state index is 0.133. The van der Waals surface area contributed by atoms with Crippen molar-refractivity contribution < 1.29 is 28.6 Å². The third-order valence-corrected chi connectivity index (χ3v) is 5.56. The Morgan fingerprint density at radius 2 is 1.73 bits per heavy atom. The van der Waals surface area contributed by atoms with E-state index in [1.165, 1.54) is 0 Å². The van der Waals surface area contributed by atoms with E-state index in [9.17, 15) is 14.4 Å². The number of nitrogens with one attached hydrogen (secondary N) is 1. The molecule has 0 spiro atoms. The van der Waals surface area contributed by atoms with Crippen LogP contribution in [0.25, 0.3) is 0 Å². The Morgan fingerprint density at radius 1 is 1.10 bits per heavy atom. The van der Waals surface area contributed by atoms with Gasteiger partial charge in [-0.25, -0.2) is 9.59 Å². The van der Waals surface area contributed by atoms with Crippen molar-refractivity contribution in [2.75, 3.05) is 18.5 Å². The van der Waals surface area contributed by atoms with Gasteiger partial charge in [0.1, 0.15) is 15.6 Å². The topological polar surface area (TPSA) is 90.9 Å². The highest BCUT2D eigenvalue weighted by molar-refractivity contribution is 7.18. The Labute approximate surface area is 184 Å². The molecule has 30 heavy (non-hydrogen) atoms. The number of esters is 2. The maximum absolute atomic E-state index is 12.7. The standard InChI is InChI=1S/C21H24ClNO6S/c1-6-27-20(25)16-12(4)17(21(26)28-7-2)30-19(16)23-18(24)13(5)29-15-9-8-14(22)10-11(15)3/h8-10,13H,6-7H2,1-5H3,(H,23,24). The fourth-order valence-corrected chi connectivity index (χ4v) is 3.96. The number of halogens is 1. The lowest BCUT2D eigenvalue weighted by atomic mass is 10.1. The van der Waals surface area contributed by atoms with Gasteiger partial charge in [-0.15, -0.1) is 11.3 Å². The van der Waals surface area contributed by atoms with Crippen LogP contribution in [-0.2, 0) is 14.3 Å². The summed E-state index contributed by atoms with van der Waals surface area (Å²) in [6.45, 7) is 8.73. The van der Waals surface area contributed by atoms with Crippen molar-refractivity contribution in [3.8, 4) is 5.75 Å². The molecule has 0 aliphatic heterocycles. The molecule has 0 aliphatic carbocycles. The Bertz CT molecular complexity index is 955. The van der Waals surface area contributed by atoms with Crippen LogP contribution in [0.1, 0.15) is 51.9 Å². The van der Waals surface area contributed by atoms with Gasteiger partial charge in [0.25, 0.3) is 5.91 Å². The predicted octanol–water partition coefficient (Wildman–Crippen LogP) is 4.78. The van der Waals surface area contributed by atoms with Gasteiger partial charge < -0.3 is 19.5 Å². The van der Waals surface area contributed by atoms with E-state index in [1.807, 2.05) is 6.92 Å². The number of amides is 1. The van der Waals surface area contributed by atoms with Crippen molar-refractivity contribution in [1.29, 1.82) is 0 Å². The van der Waals surface area contributed by atoms with Crippen LogP contribution in [0.2, 0.25) is 5.02 Å². The lowest BCUT2D eigenvalue weighted by Gasteiger charge is -2.16. The van der Waals surface area contributed by atoms with Gasteiger partial charge >= 0.3 is 11.9 Å². The van der Waals surface area contributed by atoms with Crippen LogP contribution >= 0.6 is 22.9 Å². The second-order valence-corrected chi connectivity index (χ2v) is 7.82. The first-order chi connectivity index (χ1) is 14.2. The van der Waals surface area contributed by atoms with E-state index in [4.69, 9.17) is 25.8 Å². The molecule has 0 aliphatic rings. The highest BCUT2D eigenvalue weighted by Crippen LogP contribution is 2.34. The molecular weight excluding hydrogens is 430 g/mol. The minimum atomic E-state index is -0.867. The number of hydrogen-bond donors (Lipinski definition) is 1. The van der Waals surface area contributed by atoms with E-state index in [2.05, 4.69) is 5.32 Å². The van der Waals surface area contributed by atoms with Crippen LogP contribution in [-0.4, -0.2) is 37.2 Å². The summed E-state index contributed by atoms with van der Waals surface area (Å²) in [4.78, 5) is 37.6. The molecule has 1 aromatic carbocycles. The lowest BCUT2D eigenvalue weighted by molar-refractivity contribution is -0.122. The Balaban J connectivity index is 2.28. The van der Waals surface area contributed by atoms with Gasteiger partial charge in [0.2, 0.25) is 0 Å². The normalized spacial score (nSPS) is 11.5. The predicted molar refractivity (Wildman–Crippen MR) is 116 cm³/mol. The number of carbonyl (C=O) groups excluding carboxylic acids is 3. The number of anilines is 1. The molecule has 1 heterocycles. The molecular formula is C21H24ClNO6S. The summed E-state index contributed by atoms with van der Waals surface area (Å²) in [6, 6.07) is 5.08. The smallest absolute Gasteiger partial charge is 0.348 e. The van der Waals surface area contributed by atoms with E-state index >= 15 is 0 Å². The number of benzene rings is 1. The quantitative estimate of drug-likeness (QED) is 0.578. The molecule has 1 unspecified atom stereocenters. The summed E-state index contributed by atoms with van der Waals surface area (Å²) >= 11 is 6.91. The van der Waals surface area contributed by atoms with E-state index in [0.29, 0.717) is 16.3 Å². The molecule has 1 atom stereocenters. The second-order valence-electron chi connectivity index (χ2n) is 6.36. The first kappa shape index (κ1) is 23.7. The minimum Gasteiger partial charge on any atom is -0.481 e. The average molecular weight is 454 g/mol. The highest BCUT2D eigenvalue weighted by Gasteiger charge is 2.28. The molecule has 0 fully saturated rings. The zero-order chi connectivity index (χ0) is 22.4. The molecule has 0 bridgehead atoms. The first-order valence-electron chi connectivity index (χ1n) is 9.40. The van der Waals surface area contributed by atoms with E-state index in [1.54, 1.807) is 45.9 Å². The van der Waals surface area contributed by atoms with Crippen molar-refractivity contribution in [1.82, 2.24) is 0 Å². The van der Waals surface area contributed by atoms with Gasteiger partial charge in [0.05, 0.1) is 18.8 Å². The van der Waals surface area contributed by atoms with Gasteiger partial charge in [-0.05, 0) is 63.9 Å². The van der Waals surface area contributed by atoms with Crippen molar-refractivity contribution >= 4 is 45.8 Å². The van der Waals surface area contributed by atoms with Crippen LogP contribution in [0, 0.1) is 13.8 Å². The highest BCUT2D eigenvalue weighted by atomic mass is 35.5. The fraction of sp³-hybridized carbons (Fsp3) is 0.381. The van der Waals surface area contributed by atoms with Crippen molar-refractivity contribution in [2.24, 2.45) is 0 Å². The Morgan fingerprint density at radius 3 is 2.33 bits per heavy atom. The molecule has 1 amide bonds.